The number of rotatable bonds is 6. The minimum Gasteiger partial charge on any atom is -0.469 e. The molecule has 1 unspecified atom stereocenters. The number of hydrogen-bond donors (Lipinski definition) is 0. The fourth-order valence-corrected chi connectivity index (χ4v) is 2.88. The van der Waals surface area contributed by atoms with Crippen LogP contribution in [0.15, 0.2) is 47.8 Å². The zero-order valence-corrected chi connectivity index (χ0v) is 13.5. The van der Waals surface area contributed by atoms with E-state index in [-0.39, 0.29) is 17.8 Å². The van der Waals surface area contributed by atoms with Gasteiger partial charge in [-0.2, -0.15) is 0 Å². The van der Waals surface area contributed by atoms with Gasteiger partial charge in [-0.3, -0.25) is 9.59 Å². The average Bonchev–Trinajstić information content (AvgIpc) is 3.08. The highest BCUT2D eigenvalue weighted by molar-refractivity contribution is 7.12. The Labute approximate surface area is 134 Å². The van der Waals surface area contributed by atoms with E-state index in [2.05, 4.69) is 0 Å². The monoisotopic (exact) mass is 317 g/mol. The lowest BCUT2D eigenvalue weighted by atomic mass is 10.1. The van der Waals surface area contributed by atoms with Crippen molar-refractivity contribution in [2.75, 3.05) is 13.7 Å². The highest BCUT2D eigenvalue weighted by atomic mass is 32.1. The summed E-state index contributed by atoms with van der Waals surface area (Å²) in [4.78, 5) is 26.7. The van der Waals surface area contributed by atoms with Gasteiger partial charge in [0, 0.05) is 13.1 Å². The summed E-state index contributed by atoms with van der Waals surface area (Å²) in [5, 5.41) is 1.87. The third-order valence-electron chi connectivity index (χ3n) is 3.33. The number of benzene rings is 1. The van der Waals surface area contributed by atoms with Crippen LogP contribution < -0.4 is 0 Å². The quantitative estimate of drug-likeness (QED) is 0.769. The fraction of sp³-hybridized carbons (Fsp3) is 0.294. The number of amides is 1. The van der Waals surface area contributed by atoms with Crippen LogP contribution in [0.3, 0.4) is 0 Å². The first-order chi connectivity index (χ1) is 10.6. The molecule has 1 aromatic carbocycles. The molecule has 0 spiro atoms. The summed E-state index contributed by atoms with van der Waals surface area (Å²) >= 11 is 1.40. The number of ether oxygens (including phenoxy) is 1. The van der Waals surface area contributed by atoms with Gasteiger partial charge in [-0.15, -0.1) is 11.3 Å². The molecule has 5 heteroatoms. The standard InChI is InChI=1S/C17H19NO3S/c1-13(17(20)21-2)11-18(12-14-7-4-3-5-8-14)16(19)15-9-6-10-22-15/h3-10,13H,11-12H2,1-2H3. The molecule has 0 saturated heterocycles. The van der Waals surface area contributed by atoms with Crippen molar-refractivity contribution < 1.29 is 14.3 Å². The number of hydrogen-bond acceptors (Lipinski definition) is 4. The van der Waals surface area contributed by atoms with Crippen molar-refractivity contribution in [2.24, 2.45) is 5.92 Å². The van der Waals surface area contributed by atoms with Crippen molar-refractivity contribution >= 4 is 23.2 Å². The van der Waals surface area contributed by atoms with Gasteiger partial charge in [0.1, 0.15) is 0 Å². The van der Waals surface area contributed by atoms with E-state index in [1.165, 1.54) is 18.4 Å². The van der Waals surface area contributed by atoms with Crippen molar-refractivity contribution in [3.05, 3.63) is 58.3 Å². The maximum absolute atomic E-state index is 12.6. The molecule has 1 amide bonds. The van der Waals surface area contributed by atoms with Crippen molar-refractivity contribution in [3.63, 3.8) is 0 Å². The molecule has 1 aromatic heterocycles. The Hall–Kier alpha value is -2.14. The topological polar surface area (TPSA) is 46.6 Å². The molecule has 4 nitrogen and oxygen atoms in total. The largest absolute Gasteiger partial charge is 0.469 e. The van der Waals surface area contributed by atoms with Crippen LogP contribution in [0.5, 0.6) is 0 Å². The Bertz CT molecular complexity index is 610. The van der Waals surface area contributed by atoms with Crippen LogP contribution in [-0.2, 0) is 16.1 Å². The molecule has 116 valence electrons. The van der Waals surface area contributed by atoms with Gasteiger partial charge in [-0.1, -0.05) is 43.3 Å². The van der Waals surface area contributed by atoms with Crippen LogP contribution in [0, 0.1) is 5.92 Å². The fourth-order valence-electron chi connectivity index (χ4n) is 2.19. The Morgan fingerprint density at radius 1 is 1.18 bits per heavy atom. The molecule has 0 N–H and O–H groups in total. The van der Waals surface area contributed by atoms with Crippen molar-refractivity contribution in [1.29, 1.82) is 0 Å². The first kappa shape index (κ1) is 16.2. The molecule has 0 fully saturated rings. The van der Waals surface area contributed by atoms with Gasteiger partial charge in [-0.05, 0) is 17.0 Å². The van der Waals surface area contributed by atoms with E-state index in [0.29, 0.717) is 18.0 Å². The number of carbonyl (C=O) groups excluding carboxylic acids is 2. The molecule has 1 heterocycles. The van der Waals surface area contributed by atoms with Crippen LogP contribution >= 0.6 is 11.3 Å². The van der Waals surface area contributed by atoms with E-state index >= 15 is 0 Å². The molecule has 1 atom stereocenters. The second-order valence-electron chi connectivity index (χ2n) is 5.07. The van der Waals surface area contributed by atoms with Gasteiger partial charge in [0.05, 0.1) is 17.9 Å². The van der Waals surface area contributed by atoms with Crippen molar-refractivity contribution in [2.45, 2.75) is 13.5 Å². The van der Waals surface area contributed by atoms with E-state index in [1.807, 2.05) is 41.8 Å². The van der Waals surface area contributed by atoms with Crippen LogP contribution in [0.25, 0.3) is 0 Å². The highest BCUT2D eigenvalue weighted by Gasteiger charge is 2.23. The molecule has 0 bridgehead atoms. The molecule has 0 aliphatic rings. The minimum atomic E-state index is -0.363. The van der Waals surface area contributed by atoms with Crippen molar-refractivity contribution in [3.8, 4) is 0 Å². The summed E-state index contributed by atoms with van der Waals surface area (Å²) in [6.45, 7) is 2.57. The summed E-state index contributed by atoms with van der Waals surface area (Å²) in [5.74, 6) is -0.732. The molecule has 0 saturated carbocycles. The summed E-state index contributed by atoms with van der Waals surface area (Å²) < 4.78 is 4.76. The first-order valence-corrected chi connectivity index (χ1v) is 7.94. The van der Waals surface area contributed by atoms with Crippen LogP contribution in [0.4, 0.5) is 0 Å². The van der Waals surface area contributed by atoms with Crippen LogP contribution in [0.2, 0.25) is 0 Å². The first-order valence-electron chi connectivity index (χ1n) is 7.06. The molecular formula is C17H19NO3S. The van der Waals surface area contributed by atoms with Crippen LogP contribution in [0.1, 0.15) is 22.2 Å². The minimum absolute atomic E-state index is 0.0605. The summed E-state index contributed by atoms with van der Waals surface area (Å²) in [5.41, 5.74) is 1.03. The Balaban J connectivity index is 2.16. The van der Waals surface area contributed by atoms with E-state index in [0.717, 1.165) is 5.56 Å². The normalized spacial score (nSPS) is 11.7. The Morgan fingerprint density at radius 2 is 1.91 bits per heavy atom. The third kappa shape index (κ3) is 4.18. The molecular weight excluding hydrogens is 298 g/mol. The molecule has 22 heavy (non-hydrogen) atoms. The molecule has 2 aromatic rings. The Morgan fingerprint density at radius 3 is 2.50 bits per heavy atom. The smallest absolute Gasteiger partial charge is 0.310 e. The summed E-state index contributed by atoms with van der Waals surface area (Å²) in [7, 11) is 1.36. The SMILES string of the molecule is COC(=O)C(C)CN(Cc1ccccc1)C(=O)c1cccs1. The Kier molecular flexibility index (Phi) is 5.72. The maximum Gasteiger partial charge on any atom is 0.310 e. The predicted molar refractivity (Wildman–Crippen MR) is 86.7 cm³/mol. The van der Waals surface area contributed by atoms with Gasteiger partial charge in [0.25, 0.3) is 5.91 Å². The van der Waals surface area contributed by atoms with Crippen LogP contribution in [-0.4, -0.2) is 30.4 Å². The van der Waals surface area contributed by atoms with Gasteiger partial charge < -0.3 is 9.64 Å². The molecule has 0 radical (unpaired) electrons. The zero-order valence-electron chi connectivity index (χ0n) is 12.7. The van der Waals surface area contributed by atoms with E-state index in [4.69, 9.17) is 4.74 Å². The van der Waals surface area contributed by atoms with E-state index in [9.17, 15) is 9.59 Å². The third-order valence-corrected chi connectivity index (χ3v) is 4.19. The number of thiophene rings is 1. The lowest BCUT2D eigenvalue weighted by Crippen LogP contribution is -2.36. The van der Waals surface area contributed by atoms with Gasteiger partial charge in [0.15, 0.2) is 0 Å². The highest BCUT2D eigenvalue weighted by Crippen LogP contribution is 2.16. The lowest BCUT2D eigenvalue weighted by molar-refractivity contribution is -0.145. The predicted octanol–water partition coefficient (Wildman–Crippen LogP) is 3.20. The lowest BCUT2D eigenvalue weighted by Gasteiger charge is -2.24. The van der Waals surface area contributed by atoms with E-state index < -0.39 is 0 Å². The number of esters is 1. The average molecular weight is 317 g/mol. The van der Waals surface area contributed by atoms with Gasteiger partial charge in [-0.25, -0.2) is 0 Å². The molecule has 2 rings (SSSR count). The maximum atomic E-state index is 12.6. The van der Waals surface area contributed by atoms with Gasteiger partial charge in [0.2, 0.25) is 0 Å². The number of nitrogens with zero attached hydrogens (tertiary/aromatic N) is 1. The number of methoxy groups -OCH3 is 1. The summed E-state index contributed by atoms with van der Waals surface area (Å²) in [6.07, 6.45) is 0. The molecule has 0 aliphatic heterocycles. The second kappa shape index (κ2) is 7.75. The zero-order chi connectivity index (χ0) is 15.9. The number of carbonyl (C=O) groups is 2. The van der Waals surface area contributed by atoms with Crippen molar-refractivity contribution in [1.82, 2.24) is 4.90 Å². The summed E-state index contributed by atoms with van der Waals surface area (Å²) in [6, 6.07) is 13.4. The second-order valence-corrected chi connectivity index (χ2v) is 6.02. The molecule has 0 aliphatic carbocycles. The van der Waals surface area contributed by atoms with Gasteiger partial charge >= 0.3 is 5.97 Å². The van der Waals surface area contributed by atoms with E-state index in [1.54, 1.807) is 17.9 Å².